The number of hydrogen-bond donors (Lipinski definition) is 0. The summed E-state index contributed by atoms with van der Waals surface area (Å²) in [5.74, 6) is -0.578. The normalized spacial score (nSPS) is 16.7. The van der Waals surface area contributed by atoms with E-state index in [0.29, 0.717) is 27.9 Å². The van der Waals surface area contributed by atoms with Crippen LogP contribution < -0.4 is 10.5 Å². The summed E-state index contributed by atoms with van der Waals surface area (Å²) in [5.41, 5.74) is 1.09. The molecule has 3 aromatic rings. The lowest BCUT2D eigenvalue weighted by Gasteiger charge is -2.35. The quantitative estimate of drug-likeness (QED) is 0.178. The molecule has 10 heteroatoms. The Morgan fingerprint density at radius 1 is 1.15 bits per heavy atom. The molecule has 0 spiro atoms. The average Bonchev–Trinajstić information content (AvgIpc) is 2.93. The highest BCUT2D eigenvalue weighted by Crippen LogP contribution is 2.34. The highest BCUT2D eigenvalue weighted by Gasteiger charge is 2.27. The van der Waals surface area contributed by atoms with Gasteiger partial charge >= 0.3 is 0 Å². The molecule has 2 aromatic heterocycles. The minimum atomic E-state index is -0.656. The molecule has 0 saturated heterocycles. The standard InChI is InChI=1S/C18H21ClN4O.C11H13F2NO.C2H6/c1-11-4-6-12(7-5-11)22(2)17-13(10-20)18(24)23(3)14-8-9-15(19)21-16(14)17;1-11(2,3)15-14-7-8-9(12)5-4-6-10(8)13;1-2/h8-9,11-12H,4-7H2,1-3H3;4-7H,1-3H3;1-2H3/b;14-7-;. The van der Waals surface area contributed by atoms with Crippen LogP contribution in [0.5, 0.6) is 0 Å². The maximum atomic E-state index is 13.1. The molecule has 1 saturated carbocycles. The van der Waals surface area contributed by atoms with Crippen molar-refractivity contribution in [1.29, 1.82) is 5.26 Å². The summed E-state index contributed by atoms with van der Waals surface area (Å²) in [7, 11) is 3.62. The number of anilines is 1. The zero-order valence-electron chi connectivity index (χ0n) is 25.1. The van der Waals surface area contributed by atoms with Gasteiger partial charge in [-0.2, -0.15) is 5.26 Å². The van der Waals surface area contributed by atoms with Crippen molar-refractivity contribution in [2.24, 2.45) is 18.1 Å². The van der Waals surface area contributed by atoms with Gasteiger partial charge < -0.3 is 14.3 Å². The van der Waals surface area contributed by atoms with Gasteiger partial charge in [0.2, 0.25) is 0 Å². The van der Waals surface area contributed by atoms with Gasteiger partial charge in [0.1, 0.15) is 39.5 Å². The number of halogens is 3. The summed E-state index contributed by atoms with van der Waals surface area (Å²) in [6.45, 7) is 11.7. The van der Waals surface area contributed by atoms with Crippen LogP contribution in [0.4, 0.5) is 14.5 Å². The lowest BCUT2D eigenvalue weighted by Crippen LogP contribution is -2.37. The molecule has 0 amide bonds. The van der Waals surface area contributed by atoms with Gasteiger partial charge in [0.05, 0.1) is 23.0 Å². The Hall–Kier alpha value is -3.51. The van der Waals surface area contributed by atoms with E-state index in [2.05, 4.69) is 28.0 Å². The topological polar surface area (TPSA) is 83.5 Å². The zero-order valence-corrected chi connectivity index (χ0v) is 25.9. The highest BCUT2D eigenvalue weighted by atomic mass is 35.5. The molecule has 0 N–H and O–H groups in total. The molecule has 41 heavy (non-hydrogen) atoms. The number of nitrogens with zero attached hydrogens (tertiary/aromatic N) is 5. The molecule has 4 rings (SSSR count). The van der Waals surface area contributed by atoms with Gasteiger partial charge in [-0.05, 0) is 76.6 Å². The third-order valence-electron chi connectivity index (χ3n) is 6.69. The van der Waals surface area contributed by atoms with E-state index in [1.54, 1.807) is 40.0 Å². The Morgan fingerprint density at radius 3 is 2.27 bits per heavy atom. The van der Waals surface area contributed by atoms with E-state index in [4.69, 9.17) is 16.4 Å². The van der Waals surface area contributed by atoms with Crippen LogP contribution >= 0.6 is 11.6 Å². The smallest absolute Gasteiger partial charge is 0.270 e. The van der Waals surface area contributed by atoms with Crippen molar-refractivity contribution in [3.8, 4) is 6.07 Å². The van der Waals surface area contributed by atoms with E-state index in [0.717, 1.165) is 37.8 Å². The number of aromatic nitrogens is 2. The molecule has 0 unspecified atom stereocenters. The molecule has 1 aliphatic rings. The Labute approximate surface area is 246 Å². The monoisotopic (exact) mass is 587 g/mol. The second-order valence-electron chi connectivity index (χ2n) is 10.8. The molecule has 0 atom stereocenters. The van der Waals surface area contributed by atoms with Gasteiger partial charge in [-0.1, -0.05) is 43.6 Å². The number of fused-ring (bicyclic) bond motifs is 1. The molecule has 0 aliphatic heterocycles. The van der Waals surface area contributed by atoms with Gasteiger partial charge in [-0.15, -0.1) is 0 Å². The first-order valence-electron chi connectivity index (χ1n) is 13.8. The Bertz CT molecular complexity index is 1430. The number of nitriles is 1. The number of oxime groups is 1. The lowest BCUT2D eigenvalue weighted by molar-refractivity contribution is 0.00193. The first kappa shape index (κ1) is 33.7. The first-order valence-corrected chi connectivity index (χ1v) is 14.2. The fraction of sp³-hybridized carbons (Fsp3) is 0.484. The second-order valence-corrected chi connectivity index (χ2v) is 11.2. The zero-order chi connectivity index (χ0) is 30.9. The molecular formula is C31H40ClF2N5O2. The minimum absolute atomic E-state index is 0.140. The summed E-state index contributed by atoms with van der Waals surface area (Å²) < 4.78 is 27.6. The Balaban J connectivity index is 0.000000298. The summed E-state index contributed by atoms with van der Waals surface area (Å²) >= 11 is 6.09. The predicted molar refractivity (Wildman–Crippen MR) is 163 cm³/mol. The average molecular weight is 588 g/mol. The highest BCUT2D eigenvalue weighted by molar-refractivity contribution is 6.29. The van der Waals surface area contributed by atoms with Crippen LogP contribution in [-0.4, -0.2) is 34.5 Å². The molecule has 0 radical (unpaired) electrons. The van der Waals surface area contributed by atoms with Gasteiger partial charge in [0.15, 0.2) is 0 Å². The minimum Gasteiger partial charge on any atom is -0.390 e. The van der Waals surface area contributed by atoms with Crippen LogP contribution in [0.25, 0.3) is 11.0 Å². The maximum absolute atomic E-state index is 13.1. The SMILES string of the molecule is CC.CC(C)(C)O/N=C\c1c(F)cccc1F.CC1CCC(N(C)c2c(C#N)c(=O)n(C)c3ccc(Cl)nc23)CC1. The third kappa shape index (κ3) is 8.74. The van der Waals surface area contributed by atoms with Crippen LogP contribution in [0.3, 0.4) is 0 Å². The maximum Gasteiger partial charge on any atom is 0.270 e. The number of aryl methyl sites for hydroxylation is 1. The Kier molecular flexibility index (Phi) is 12.3. The predicted octanol–water partition coefficient (Wildman–Crippen LogP) is 7.61. The fourth-order valence-corrected chi connectivity index (χ4v) is 4.64. The largest absolute Gasteiger partial charge is 0.390 e. The van der Waals surface area contributed by atoms with Crippen molar-refractivity contribution in [3.63, 3.8) is 0 Å². The molecule has 7 nitrogen and oxygen atoms in total. The van der Waals surface area contributed by atoms with Gasteiger partial charge in [0.25, 0.3) is 5.56 Å². The van der Waals surface area contributed by atoms with E-state index >= 15 is 0 Å². The van der Waals surface area contributed by atoms with Crippen molar-refractivity contribution >= 4 is 34.5 Å². The summed E-state index contributed by atoms with van der Waals surface area (Å²) in [6, 6.07) is 9.48. The number of benzene rings is 1. The summed E-state index contributed by atoms with van der Waals surface area (Å²) in [5, 5.41) is 13.5. The van der Waals surface area contributed by atoms with Crippen LogP contribution in [0.2, 0.25) is 5.15 Å². The number of hydrogen-bond acceptors (Lipinski definition) is 6. The van der Waals surface area contributed by atoms with Crippen molar-refractivity contribution < 1.29 is 13.6 Å². The Morgan fingerprint density at radius 2 is 1.73 bits per heavy atom. The van der Waals surface area contributed by atoms with E-state index < -0.39 is 17.2 Å². The molecule has 1 aromatic carbocycles. The molecular weight excluding hydrogens is 548 g/mol. The summed E-state index contributed by atoms with van der Waals surface area (Å²) in [4.78, 5) is 24.1. The van der Waals surface area contributed by atoms with Crippen LogP contribution in [0.1, 0.15) is 78.4 Å². The third-order valence-corrected chi connectivity index (χ3v) is 6.90. The van der Waals surface area contributed by atoms with Gasteiger partial charge in [0, 0.05) is 20.1 Å². The van der Waals surface area contributed by atoms with Crippen LogP contribution in [-0.2, 0) is 11.9 Å². The van der Waals surface area contributed by atoms with Crippen molar-refractivity contribution in [3.05, 3.63) is 68.6 Å². The van der Waals surface area contributed by atoms with Crippen molar-refractivity contribution in [1.82, 2.24) is 9.55 Å². The van der Waals surface area contributed by atoms with E-state index in [1.165, 1.54) is 22.8 Å². The second kappa shape index (κ2) is 14.9. The first-order chi connectivity index (χ1) is 19.3. The van der Waals surface area contributed by atoms with Crippen molar-refractivity contribution in [2.75, 3.05) is 11.9 Å². The molecule has 1 aliphatic carbocycles. The van der Waals surface area contributed by atoms with Crippen LogP contribution in [0.15, 0.2) is 40.3 Å². The van der Waals surface area contributed by atoms with Crippen molar-refractivity contribution in [2.45, 2.75) is 78.9 Å². The van der Waals surface area contributed by atoms with Crippen LogP contribution in [0, 0.1) is 28.9 Å². The fourth-order valence-electron chi connectivity index (χ4n) is 4.50. The number of pyridine rings is 2. The molecule has 0 bridgehead atoms. The van der Waals surface area contributed by atoms with E-state index in [9.17, 15) is 18.8 Å². The van der Waals surface area contributed by atoms with Gasteiger partial charge in [-0.25, -0.2) is 13.8 Å². The lowest BCUT2D eigenvalue weighted by atomic mass is 9.86. The molecule has 2 heterocycles. The molecule has 1 fully saturated rings. The van der Waals surface area contributed by atoms with E-state index in [-0.39, 0.29) is 16.7 Å². The summed E-state index contributed by atoms with van der Waals surface area (Å²) in [6.07, 6.45) is 5.47. The van der Waals surface area contributed by atoms with E-state index in [1.807, 2.05) is 20.9 Å². The van der Waals surface area contributed by atoms with Gasteiger partial charge in [-0.3, -0.25) is 4.79 Å². The molecule has 222 valence electrons. The number of rotatable bonds is 4.